The molecule has 0 spiro atoms. The first-order chi connectivity index (χ1) is 12.9. The third kappa shape index (κ3) is 6.22. The molecule has 0 bridgehead atoms. The van der Waals surface area contributed by atoms with Crippen LogP contribution in [0.5, 0.6) is 0 Å². The molecule has 1 N–H and O–H groups in total. The Hall–Kier alpha value is -3.22. The van der Waals surface area contributed by atoms with Gasteiger partial charge in [-0.1, -0.05) is 50.2 Å². The number of carbonyl (C=O) groups is 2. The first-order valence-electron chi connectivity index (χ1n) is 8.62. The highest BCUT2D eigenvalue weighted by Crippen LogP contribution is 2.21. The van der Waals surface area contributed by atoms with Crippen molar-refractivity contribution in [1.82, 2.24) is 5.32 Å². The maximum Gasteiger partial charge on any atom is 0.338 e. The van der Waals surface area contributed by atoms with Crippen LogP contribution in [0.15, 0.2) is 54.6 Å². The normalized spacial score (nSPS) is 11.7. The number of non-ortho nitro benzene ring substituents is 1. The van der Waals surface area contributed by atoms with E-state index in [1.165, 1.54) is 18.2 Å². The Bertz CT molecular complexity index is 805. The molecule has 142 valence electrons. The van der Waals surface area contributed by atoms with Crippen molar-refractivity contribution in [2.24, 2.45) is 5.92 Å². The Kier molecular flexibility index (Phi) is 7.05. The van der Waals surface area contributed by atoms with Gasteiger partial charge in [0.1, 0.15) is 0 Å². The molecular formula is C20H22N2O5. The zero-order chi connectivity index (χ0) is 19.8. The van der Waals surface area contributed by atoms with Gasteiger partial charge in [0.25, 0.3) is 11.6 Å². The molecular weight excluding hydrogens is 348 g/mol. The smallest absolute Gasteiger partial charge is 0.338 e. The number of rotatable bonds is 8. The highest BCUT2D eigenvalue weighted by Gasteiger charge is 2.18. The van der Waals surface area contributed by atoms with Gasteiger partial charge >= 0.3 is 5.97 Å². The van der Waals surface area contributed by atoms with Crippen molar-refractivity contribution in [1.29, 1.82) is 0 Å². The van der Waals surface area contributed by atoms with Gasteiger partial charge in [-0.3, -0.25) is 14.9 Å². The summed E-state index contributed by atoms with van der Waals surface area (Å²) < 4.78 is 4.99. The first-order valence-corrected chi connectivity index (χ1v) is 8.62. The number of ether oxygens (including phenoxy) is 1. The van der Waals surface area contributed by atoms with Gasteiger partial charge in [0.2, 0.25) is 0 Å². The summed E-state index contributed by atoms with van der Waals surface area (Å²) in [5.41, 5.74) is 0.790. The minimum Gasteiger partial charge on any atom is -0.452 e. The van der Waals surface area contributed by atoms with Crippen LogP contribution in [0.3, 0.4) is 0 Å². The summed E-state index contributed by atoms with van der Waals surface area (Å²) in [6.07, 6.45) is 0.745. The molecule has 0 aliphatic rings. The number of nitrogens with zero attached hydrogens (tertiary/aromatic N) is 1. The molecule has 2 aromatic carbocycles. The molecule has 0 radical (unpaired) electrons. The molecule has 0 heterocycles. The molecule has 0 unspecified atom stereocenters. The highest BCUT2D eigenvalue weighted by molar-refractivity contribution is 5.92. The number of nitro groups is 1. The summed E-state index contributed by atoms with van der Waals surface area (Å²) in [5.74, 6) is -0.847. The van der Waals surface area contributed by atoms with Gasteiger partial charge in [0.15, 0.2) is 6.61 Å². The minimum atomic E-state index is -0.783. The van der Waals surface area contributed by atoms with Gasteiger partial charge in [0, 0.05) is 12.1 Å². The summed E-state index contributed by atoms with van der Waals surface area (Å²) in [4.78, 5) is 34.4. The average molecular weight is 370 g/mol. The zero-order valence-electron chi connectivity index (χ0n) is 15.3. The minimum absolute atomic E-state index is 0.0267. The largest absolute Gasteiger partial charge is 0.452 e. The van der Waals surface area contributed by atoms with Crippen LogP contribution in [0.25, 0.3) is 0 Å². The Morgan fingerprint density at radius 2 is 1.81 bits per heavy atom. The second-order valence-electron chi connectivity index (χ2n) is 6.54. The molecule has 2 rings (SSSR count). The topological polar surface area (TPSA) is 98.5 Å². The van der Waals surface area contributed by atoms with Crippen molar-refractivity contribution in [3.8, 4) is 0 Å². The van der Waals surface area contributed by atoms with E-state index in [1.54, 1.807) is 0 Å². The number of nitro benzene ring substituents is 1. The lowest BCUT2D eigenvalue weighted by Gasteiger charge is -2.21. The van der Waals surface area contributed by atoms with Gasteiger partial charge in [-0.05, 0) is 24.0 Å². The summed E-state index contributed by atoms with van der Waals surface area (Å²) in [6, 6.07) is 14.6. The lowest BCUT2D eigenvalue weighted by molar-refractivity contribution is -0.384. The van der Waals surface area contributed by atoms with Crippen LogP contribution in [0, 0.1) is 16.0 Å². The molecule has 0 aliphatic heterocycles. The molecule has 1 atom stereocenters. The van der Waals surface area contributed by atoms with Crippen LogP contribution in [-0.2, 0) is 9.53 Å². The first kappa shape index (κ1) is 20.1. The van der Waals surface area contributed by atoms with Crippen LogP contribution >= 0.6 is 0 Å². The Morgan fingerprint density at radius 1 is 1.11 bits per heavy atom. The van der Waals surface area contributed by atoms with E-state index in [4.69, 9.17) is 4.74 Å². The Labute approximate surface area is 157 Å². The van der Waals surface area contributed by atoms with E-state index in [9.17, 15) is 19.7 Å². The number of esters is 1. The Balaban J connectivity index is 1.96. The van der Waals surface area contributed by atoms with Crippen LogP contribution in [0.4, 0.5) is 5.69 Å². The quantitative estimate of drug-likeness (QED) is 0.434. The number of carbonyl (C=O) groups excluding carboxylic acids is 2. The van der Waals surface area contributed by atoms with E-state index in [-0.39, 0.29) is 17.3 Å². The van der Waals surface area contributed by atoms with E-state index in [0.29, 0.717) is 5.92 Å². The molecule has 1 amide bonds. The number of amides is 1. The van der Waals surface area contributed by atoms with E-state index in [0.717, 1.165) is 18.1 Å². The third-order valence-corrected chi connectivity index (χ3v) is 3.87. The number of hydrogen-bond acceptors (Lipinski definition) is 5. The predicted octanol–water partition coefficient (Wildman–Crippen LogP) is 3.66. The lowest BCUT2D eigenvalue weighted by Crippen LogP contribution is -2.33. The second kappa shape index (κ2) is 9.47. The van der Waals surface area contributed by atoms with E-state index < -0.39 is 23.4 Å². The van der Waals surface area contributed by atoms with Crippen molar-refractivity contribution in [2.75, 3.05) is 6.61 Å². The number of nitrogens with one attached hydrogen (secondary N) is 1. The maximum absolute atomic E-state index is 12.2. The molecule has 0 saturated carbocycles. The molecule has 0 aliphatic carbocycles. The van der Waals surface area contributed by atoms with Gasteiger partial charge in [-0.2, -0.15) is 0 Å². The number of hydrogen-bond donors (Lipinski definition) is 1. The van der Waals surface area contributed by atoms with E-state index in [1.807, 2.05) is 30.3 Å². The standard InChI is InChI=1S/C20H22N2O5/c1-14(2)11-18(15-7-4-3-5-8-15)21-19(23)13-27-20(24)16-9-6-10-17(12-16)22(25)26/h3-10,12,14,18H,11,13H2,1-2H3,(H,21,23)/t18-/m0/s1. The van der Waals surface area contributed by atoms with Crippen molar-refractivity contribution in [3.63, 3.8) is 0 Å². The molecule has 0 fully saturated rings. The van der Waals surface area contributed by atoms with Gasteiger partial charge in [0.05, 0.1) is 16.5 Å². The third-order valence-electron chi connectivity index (χ3n) is 3.87. The van der Waals surface area contributed by atoms with Gasteiger partial charge in [-0.15, -0.1) is 0 Å². The maximum atomic E-state index is 12.2. The molecule has 7 heteroatoms. The van der Waals surface area contributed by atoms with Gasteiger partial charge in [-0.25, -0.2) is 4.79 Å². The average Bonchev–Trinajstić information content (AvgIpc) is 2.66. The second-order valence-corrected chi connectivity index (χ2v) is 6.54. The predicted molar refractivity (Wildman–Crippen MR) is 100 cm³/mol. The summed E-state index contributed by atoms with van der Waals surface area (Å²) in [6.45, 7) is 3.66. The zero-order valence-corrected chi connectivity index (χ0v) is 15.3. The summed E-state index contributed by atoms with van der Waals surface area (Å²) >= 11 is 0. The van der Waals surface area contributed by atoms with Crippen LogP contribution in [0.2, 0.25) is 0 Å². The van der Waals surface area contributed by atoms with E-state index >= 15 is 0 Å². The molecule has 0 aromatic heterocycles. The van der Waals surface area contributed by atoms with Crippen LogP contribution in [0.1, 0.15) is 42.2 Å². The van der Waals surface area contributed by atoms with Crippen LogP contribution in [-0.4, -0.2) is 23.4 Å². The van der Waals surface area contributed by atoms with Crippen LogP contribution < -0.4 is 5.32 Å². The van der Waals surface area contributed by atoms with Crippen molar-refractivity contribution in [2.45, 2.75) is 26.3 Å². The summed E-state index contributed by atoms with van der Waals surface area (Å²) in [5, 5.41) is 13.7. The fourth-order valence-corrected chi connectivity index (χ4v) is 2.63. The number of benzene rings is 2. The van der Waals surface area contributed by atoms with Crippen molar-refractivity contribution >= 4 is 17.6 Å². The SMILES string of the molecule is CC(C)C[C@H](NC(=O)COC(=O)c1cccc([N+](=O)[O-])c1)c1ccccc1. The molecule has 27 heavy (non-hydrogen) atoms. The Morgan fingerprint density at radius 3 is 2.44 bits per heavy atom. The highest BCUT2D eigenvalue weighted by atomic mass is 16.6. The molecule has 7 nitrogen and oxygen atoms in total. The molecule has 2 aromatic rings. The monoisotopic (exact) mass is 370 g/mol. The lowest BCUT2D eigenvalue weighted by atomic mass is 9.97. The molecule has 0 saturated heterocycles. The fourth-order valence-electron chi connectivity index (χ4n) is 2.63. The van der Waals surface area contributed by atoms with Crippen molar-refractivity contribution < 1.29 is 19.2 Å². The summed E-state index contributed by atoms with van der Waals surface area (Å²) in [7, 11) is 0. The van der Waals surface area contributed by atoms with Gasteiger partial charge < -0.3 is 10.1 Å². The van der Waals surface area contributed by atoms with E-state index in [2.05, 4.69) is 19.2 Å². The fraction of sp³-hybridized carbons (Fsp3) is 0.300. The van der Waals surface area contributed by atoms with Crippen molar-refractivity contribution in [3.05, 3.63) is 75.8 Å².